The van der Waals surface area contributed by atoms with Gasteiger partial charge in [-0.3, -0.25) is 0 Å². The van der Waals surface area contributed by atoms with E-state index in [-0.39, 0.29) is 0 Å². The number of fused-ring (bicyclic) bond motifs is 1. The third-order valence-electron chi connectivity index (χ3n) is 4.07. The van der Waals surface area contributed by atoms with Crippen molar-refractivity contribution in [2.75, 3.05) is 21.2 Å². The second-order valence-electron chi connectivity index (χ2n) is 6.04. The number of hydrogen-bond acceptors (Lipinski definition) is 5. The molecule has 0 aliphatic heterocycles. The van der Waals surface area contributed by atoms with Gasteiger partial charge in [0.25, 0.3) is 0 Å². The first-order chi connectivity index (χ1) is 12.4. The predicted octanol–water partition coefficient (Wildman–Crippen LogP) is 3.84. The molecule has 0 bridgehead atoms. The van der Waals surface area contributed by atoms with Crippen LogP contribution in [-0.4, -0.2) is 32.2 Å². The maximum Gasteiger partial charge on any atom is 0.414 e. The van der Waals surface area contributed by atoms with Gasteiger partial charge in [0.05, 0.1) is 12.7 Å². The molecular weight excluding hydrogens is 334 g/mol. The van der Waals surface area contributed by atoms with E-state index in [1.807, 2.05) is 25.1 Å². The molecule has 0 aliphatic carbocycles. The first-order valence-electron chi connectivity index (χ1n) is 8.01. The van der Waals surface area contributed by atoms with Crippen LogP contribution in [0, 0.1) is 6.92 Å². The van der Waals surface area contributed by atoms with Gasteiger partial charge in [0.15, 0.2) is 0 Å². The Labute approximate surface area is 150 Å². The fraction of sp³-hybridized carbons (Fsp3) is 0.200. The Bertz CT molecular complexity index is 1040. The van der Waals surface area contributed by atoms with Crippen LogP contribution >= 0.6 is 0 Å². The van der Waals surface area contributed by atoms with Crippen LogP contribution in [0.4, 0.5) is 4.79 Å². The summed E-state index contributed by atoms with van der Waals surface area (Å²) in [6.07, 6.45) is -0.503. The van der Waals surface area contributed by atoms with Crippen molar-refractivity contribution < 1.29 is 18.7 Å². The monoisotopic (exact) mass is 353 g/mol. The standard InChI is InChI=1S/C20H19NO5/c1-12-16-9-8-15(25-20(23)21(2)3)11-17(16)26-19(22)18(12)13-6-5-7-14(10-13)24-4/h5-11H,1-4H3. The van der Waals surface area contributed by atoms with Crippen LogP contribution in [-0.2, 0) is 0 Å². The van der Waals surface area contributed by atoms with Gasteiger partial charge in [-0.15, -0.1) is 0 Å². The van der Waals surface area contributed by atoms with Crippen LogP contribution in [0.3, 0.4) is 0 Å². The molecule has 0 N–H and O–H groups in total. The summed E-state index contributed by atoms with van der Waals surface area (Å²) < 4.78 is 15.9. The summed E-state index contributed by atoms with van der Waals surface area (Å²) in [5.41, 5.74) is 1.90. The molecule has 2 aromatic carbocycles. The SMILES string of the molecule is COc1cccc(-c2c(C)c3ccc(OC(=O)N(C)C)cc3oc2=O)c1. The lowest BCUT2D eigenvalue weighted by atomic mass is 9.99. The van der Waals surface area contributed by atoms with Gasteiger partial charge in [0.2, 0.25) is 0 Å². The van der Waals surface area contributed by atoms with Gasteiger partial charge < -0.3 is 18.8 Å². The molecule has 0 fully saturated rings. The van der Waals surface area contributed by atoms with Crippen LogP contribution in [0.25, 0.3) is 22.1 Å². The summed E-state index contributed by atoms with van der Waals surface area (Å²) in [6, 6.07) is 12.2. The molecule has 3 rings (SSSR count). The van der Waals surface area contributed by atoms with Gasteiger partial charge in [-0.25, -0.2) is 9.59 Å². The van der Waals surface area contributed by atoms with Crippen LogP contribution in [0.15, 0.2) is 51.7 Å². The van der Waals surface area contributed by atoms with E-state index in [2.05, 4.69) is 0 Å². The lowest BCUT2D eigenvalue weighted by Crippen LogP contribution is -2.25. The Morgan fingerprint density at radius 1 is 1.08 bits per heavy atom. The number of carbonyl (C=O) groups excluding carboxylic acids is 1. The second kappa shape index (κ2) is 6.92. The summed E-state index contributed by atoms with van der Waals surface area (Å²) in [6.45, 7) is 1.86. The molecule has 1 heterocycles. The number of methoxy groups -OCH3 is 1. The molecule has 1 aromatic heterocycles. The minimum atomic E-state index is -0.503. The number of amides is 1. The van der Waals surface area contributed by atoms with Crippen LogP contribution in [0.5, 0.6) is 11.5 Å². The lowest BCUT2D eigenvalue weighted by Gasteiger charge is -2.12. The quantitative estimate of drug-likeness (QED) is 0.669. The molecule has 0 saturated carbocycles. The summed E-state index contributed by atoms with van der Waals surface area (Å²) in [7, 11) is 4.76. The second-order valence-corrected chi connectivity index (χ2v) is 6.04. The maximum atomic E-state index is 12.6. The van der Waals surface area contributed by atoms with E-state index in [9.17, 15) is 9.59 Å². The van der Waals surface area contributed by atoms with Crippen LogP contribution in [0.1, 0.15) is 5.56 Å². The van der Waals surface area contributed by atoms with E-state index in [1.165, 1.54) is 4.90 Å². The summed E-state index contributed by atoms with van der Waals surface area (Å²) in [4.78, 5) is 25.6. The molecule has 0 saturated heterocycles. The molecule has 6 heteroatoms. The van der Waals surface area contributed by atoms with Crippen molar-refractivity contribution in [3.63, 3.8) is 0 Å². The summed E-state index contributed by atoms with van der Waals surface area (Å²) >= 11 is 0. The third kappa shape index (κ3) is 3.26. The molecule has 0 atom stereocenters. The van der Waals surface area contributed by atoms with E-state index < -0.39 is 11.7 Å². The number of rotatable bonds is 3. The van der Waals surface area contributed by atoms with E-state index in [0.29, 0.717) is 22.6 Å². The normalized spacial score (nSPS) is 10.6. The van der Waals surface area contributed by atoms with E-state index in [1.54, 1.807) is 45.5 Å². The van der Waals surface area contributed by atoms with E-state index in [0.717, 1.165) is 16.5 Å². The van der Waals surface area contributed by atoms with Crippen molar-refractivity contribution >= 4 is 17.1 Å². The molecule has 0 radical (unpaired) electrons. The van der Waals surface area contributed by atoms with Crippen molar-refractivity contribution in [2.24, 2.45) is 0 Å². The number of carbonyl (C=O) groups is 1. The van der Waals surface area contributed by atoms with E-state index >= 15 is 0 Å². The highest BCUT2D eigenvalue weighted by molar-refractivity contribution is 5.88. The molecule has 3 aromatic rings. The van der Waals surface area contributed by atoms with Crippen molar-refractivity contribution in [1.29, 1.82) is 0 Å². The first kappa shape index (κ1) is 17.5. The number of nitrogens with zero attached hydrogens (tertiary/aromatic N) is 1. The van der Waals surface area contributed by atoms with Gasteiger partial charge in [0.1, 0.15) is 17.1 Å². The van der Waals surface area contributed by atoms with Crippen molar-refractivity contribution in [1.82, 2.24) is 4.90 Å². The largest absolute Gasteiger partial charge is 0.497 e. The molecule has 6 nitrogen and oxygen atoms in total. The zero-order valence-electron chi connectivity index (χ0n) is 15.0. The highest BCUT2D eigenvalue weighted by Crippen LogP contribution is 2.30. The Hall–Kier alpha value is -3.28. The predicted molar refractivity (Wildman–Crippen MR) is 98.9 cm³/mol. The van der Waals surface area contributed by atoms with Gasteiger partial charge in [-0.1, -0.05) is 12.1 Å². The summed E-state index contributed by atoms with van der Waals surface area (Å²) in [5, 5.41) is 0.770. The molecule has 1 amide bonds. The zero-order chi connectivity index (χ0) is 18.8. The van der Waals surface area contributed by atoms with Crippen LogP contribution < -0.4 is 15.1 Å². The fourth-order valence-electron chi connectivity index (χ4n) is 2.70. The van der Waals surface area contributed by atoms with Crippen molar-refractivity contribution in [2.45, 2.75) is 6.92 Å². The van der Waals surface area contributed by atoms with E-state index in [4.69, 9.17) is 13.9 Å². The Morgan fingerprint density at radius 2 is 1.85 bits per heavy atom. The molecule has 26 heavy (non-hydrogen) atoms. The molecule has 0 unspecified atom stereocenters. The molecular formula is C20H19NO5. The zero-order valence-corrected chi connectivity index (χ0v) is 15.0. The highest BCUT2D eigenvalue weighted by atomic mass is 16.6. The van der Waals surface area contributed by atoms with Crippen molar-refractivity contribution in [3.05, 3.63) is 58.4 Å². The Morgan fingerprint density at radius 3 is 2.54 bits per heavy atom. The molecule has 0 aliphatic rings. The van der Waals surface area contributed by atoms with Gasteiger partial charge in [-0.05, 0) is 42.3 Å². The Balaban J connectivity index is 2.11. The number of hydrogen-bond donors (Lipinski definition) is 0. The van der Waals surface area contributed by atoms with Gasteiger partial charge in [0, 0.05) is 25.5 Å². The fourth-order valence-corrected chi connectivity index (χ4v) is 2.70. The van der Waals surface area contributed by atoms with Crippen LogP contribution in [0.2, 0.25) is 0 Å². The molecule has 134 valence electrons. The average molecular weight is 353 g/mol. The minimum absolute atomic E-state index is 0.313. The average Bonchev–Trinajstić information content (AvgIpc) is 2.61. The molecule has 0 spiro atoms. The summed E-state index contributed by atoms with van der Waals surface area (Å²) in [5.74, 6) is 0.972. The number of ether oxygens (including phenoxy) is 2. The highest BCUT2D eigenvalue weighted by Gasteiger charge is 2.15. The third-order valence-corrected chi connectivity index (χ3v) is 4.07. The van der Waals surface area contributed by atoms with Gasteiger partial charge in [-0.2, -0.15) is 0 Å². The minimum Gasteiger partial charge on any atom is -0.497 e. The lowest BCUT2D eigenvalue weighted by molar-refractivity contribution is 0.172. The first-order valence-corrected chi connectivity index (χ1v) is 8.01. The number of benzene rings is 2. The number of aryl methyl sites for hydroxylation is 1. The smallest absolute Gasteiger partial charge is 0.414 e. The van der Waals surface area contributed by atoms with Crippen molar-refractivity contribution in [3.8, 4) is 22.6 Å². The maximum absolute atomic E-state index is 12.6. The Kier molecular flexibility index (Phi) is 4.67. The topological polar surface area (TPSA) is 69.0 Å². The van der Waals surface area contributed by atoms with Gasteiger partial charge >= 0.3 is 11.7 Å².